The van der Waals surface area contributed by atoms with Gasteiger partial charge in [0, 0.05) is 48.9 Å². The first-order valence-corrected chi connectivity index (χ1v) is 9.68. The highest BCUT2D eigenvalue weighted by molar-refractivity contribution is 5.89. The number of phenolic OH excluding ortho intramolecular Hbond substituents is 1. The summed E-state index contributed by atoms with van der Waals surface area (Å²) >= 11 is 0. The maximum atomic E-state index is 14.0. The van der Waals surface area contributed by atoms with Gasteiger partial charge in [-0.1, -0.05) is 0 Å². The van der Waals surface area contributed by atoms with Gasteiger partial charge in [-0.2, -0.15) is 0 Å². The third-order valence-corrected chi connectivity index (χ3v) is 6.12. The molecule has 0 unspecified atom stereocenters. The molecule has 2 bridgehead atoms. The van der Waals surface area contributed by atoms with E-state index in [0.717, 1.165) is 10.8 Å². The predicted octanol–water partition coefficient (Wildman–Crippen LogP) is 3.36. The van der Waals surface area contributed by atoms with Crippen LogP contribution in [0.15, 0.2) is 42.7 Å². The minimum Gasteiger partial charge on any atom is -0.507 e. The van der Waals surface area contributed by atoms with Crippen LogP contribution in [0.4, 0.5) is 14.6 Å². The Morgan fingerprint density at radius 1 is 1.14 bits per heavy atom. The number of nitrogens with one attached hydrogen (secondary N) is 1. The van der Waals surface area contributed by atoms with Crippen molar-refractivity contribution in [2.75, 3.05) is 11.9 Å². The van der Waals surface area contributed by atoms with Crippen molar-refractivity contribution in [2.45, 2.75) is 43.3 Å². The fraction of sp³-hybridized carbons (Fsp3) is 0.381. The van der Waals surface area contributed by atoms with E-state index in [-0.39, 0.29) is 24.3 Å². The molecule has 2 fully saturated rings. The van der Waals surface area contributed by atoms with E-state index < -0.39 is 12.0 Å². The van der Waals surface area contributed by atoms with E-state index in [4.69, 9.17) is 0 Å². The number of aromatic nitrogens is 3. The first kappa shape index (κ1) is 18.2. The summed E-state index contributed by atoms with van der Waals surface area (Å²) in [5.74, 6) is -1.89. The van der Waals surface area contributed by atoms with Crippen molar-refractivity contribution in [3.05, 3.63) is 42.7 Å². The molecule has 6 nitrogen and oxygen atoms in total. The molecule has 2 aromatic heterocycles. The molecule has 3 atom stereocenters. The van der Waals surface area contributed by atoms with Crippen LogP contribution in [0.2, 0.25) is 0 Å². The number of anilines is 1. The first-order chi connectivity index (χ1) is 13.9. The third-order valence-electron chi connectivity index (χ3n) is 6.12. The second-order valence-corrected chi connectivity index (χ2v) is 7.99. The van der Waals surface area contributed by atoms with Gasteiger partial charge in [0.25, 0.3) is 5.92 Å². The molecule has 0 radical (unpaired) electrons. The van der Waals surface area contributed by atoms with Crippen LogP contribution in [0.5, 0.6) is 5.75 Å². The van der Waals surface area contributed by atoms with Crippen LogP contribution in [-0.4, -0.2) is 51.4 Å². The number of pyridine rings is 1. The number of piperidine rings is 1. The lowest BCUT2D eigenvalue weighted by molar-refractivity contribution is -0.0128. The van der Waals surface area contributed by atoms with Crippen LogP contribution in [0.1, 0.15) is 19.3 Å². The van der Waals surface area contributed by atoms with Gasteiger partial charge in [0.15, 0.2) is 5.82 Å². The number of aromatic hydroxyl groups is 1. The quantitative estimate of drug-likeness (QED) is 0.706. The standard InChI is InChI=1S/C21H21F2N5O/c1-28(15-8-14-10-21(22,23)19(9-15)25-14)20-3-2-17(26-27-20)16-6-13-11-24-5-4-12(13)7-18(16)29/h2-7,11,14-15,19,25,29H,8-10H2,1H3/t14-,15-,19+/m0/s1. The summed E-state index contributed by atoms with van der Waals surface area (Å²) in [5, 5.41) is 23.8. The van der Waals surface area contributed by atoms with E-state index in [1.54, 1.807) is 24.5 Å². The van der Waals surface area contributed by atoms with Crippen LogP contribution in [0.25, 0.3) is 22.0 Å². The van der Waals surface area contributed by atoms with Gasteiger partial charge in [0.05, 0.1) is 11.7 Å². The fourth-order valence-electron chi connectivity index (χ4n) is 4.51. The van der Waals surface area contributed by atoms with Crippen molar-refractivity contribution in [3.8, 4) is 17.0 Å². The molecule has 4 heterocycles. The molecule has 2 aliphatic heterocycles. The van der Waals surface area contributed by atoms with E-state index in [1.807, 2.05) is 30.1 Å². The molecule has 150 valence electrons. The number of halogens is 2. The molecule has 0 spiro atoms. The molecule has 2 saturated heterocycles. The molecule has 5 rings (SSSR count). The first-order valence-electron chi connectivity index (χ1n) is 9.68. The lowest BCUT2D eigenvalue weighted by atomic mass is 9.98. The average Bonchev–Trinajstić information content (AvgIpc) is 2.93. The number of rotatable bonds is 3. The lowest BCUT2D eigenvalue weighted by Gasteiger charge is -2.36. The molecule has 29 heavy (non-hydrogen) atoms. The van der Waals surface area contributed by atoms with Gasteiger partial charge in [-0.3, -0.25) is 4.98 Å². The number of alkyl halides is 2. The van der Waals surface area contributed by atoms with Gasteiger partial charge in [0.1, 0.15) is 5.75 Å². The Bertz CT molecular complexity index is 1060. The SMILES string of the molecule is CN(c1ccc(-c2cc3cnccc3cc2O)nn1)[C@H]1C[C@H]2CC(F)(F)[C@@H](C1)N2. The highest BCUT2D eigenvalue weighted by Crippen LogP contribution is 2.41. The largest absolute Gasteiger partial charge is 0.507 e. The van der Waals surface area contributed by atoms with Crippen LogP contribution in [-0.2, 0) is 0 Å². The molecule has 3 aromatic rings. The zero-order valence-corrected chi connectivity index (χ0v) is 15.9. The van der Waals surface area contributed by atoms with Crippen molar-refractivity contribution < 1.29 is 13.9 Å². The second kappa shape index (κ2) is 6.59. The Morgan fingerprint density at radius 3 is 2.76 bits per heavy atom. The summed E-state index contributed by atoms with van der Waals surface area (Å²) in [6.07, 6.45) is 4.35. The molecule has 0 aliphatic carbocycles. The smallest absolute Gasteiger partial charge is 0.264 e. The molecule has 8 heteroatoms. The Balaban J connectivity index is 1.39. The van der Waals surface area contributed by atoms with E-state index in [0.29, 0.717) is 29.9 Å². The number of hydrogen-bond acceptors (Lipinski definition) is 6. The highest BCUT2D eigenvalue weighted by atomic mass is 19.3. The van der Waals surface area contributed by atoms with E-state index >= 15 is 0 Å². The van der Waals surface area contributed by atoms with Gasteiger partial charge in [-0.15, -0.1) is 10.2 Å². The maximum absolute atomic E-state index is 14.0. The summed E-state index contributed by atoms with van der Waals surface area (Å²) in [4.78, 5) is 6.04. The average molecular weight is 397 g/mol. The Hall–Kier alpha value is -2.87. The van der Waals surface area contributed by atoms with Crippen LogP contribution in [0, 0.1) is 0 Å². The summed E-state index contributed by atoms with van der Waals surface area (Å²) in [7, 11) is 1.87. The fourth-order valence-corrected chi connectivity index (χ4v) is 4.51. The Morgan fingerprint density at radius 2 is 2.00 bits per heavy atom. The van der Waals surface area contributed by atoms with Crippen molar-refractivity contribution in [1.29, 1.82) is 0 Å². The minimum atomic E-state index is -2.64. The van der Waals surface area contributed by atoms with Crippen LogP contribution in [0.3, 0.4) is 0 Å². The molecule has 0 saturated carbocycles. The van der Waals surface area contributed by atoms with Crippen molar-refractivity contribution in [1.82, 2.24) is 20.5 Å². The van der Waals surface area contributed by atoms with E-state index in [1.165, 1.54) is 0 Å². The van der Waals surface area contributed by atoms with Gasteiger partial charge < -0.3 is 15.3 Å². The Kier molecular flexibility index (Phi) is 4.13. The Labute approximate surface area is 166 Å². The van der Waals surface area contributed by atoms with Gasteiger partial charge in [-0.25, -0.2) is 8.78 Å². The lowest BCUT2D eigenvalue weighted by Crippen LogP contribution is -2.49. The third kappa shape index (κ3) is 3.17. The van der Waals surface area contributed by atoms with Crippen molar-refractivity contribution in [2.24, 2.45) is 0 Å². The topological polar surface area (TPSA) is 74.2 Å². The van der Waals surface area contributed by atoms with Gasteiger partial charge in [-0.05, 0) is 48.6 Å². The number of benzene rings is 1. The molecule has 0 amide bonds. The molecular formula is C21H21F2N5O. The van der Waals surface area contributed by atoms with Crippen LogP contribution < -0.4 is 10.2 Å². The number of nitrogens with zero attached hydrogens (tertiary/aromatic N) is 4. The van der Waals surface area contributed by atoms with Crippen molar-refractivity contribution in [3.63, 3.8) is 0 Å². The summed E-state index contributed by atoms with van der Waals surface area (Å²) in [6, 6.07) is 8.00. The number of fused-ring (bicyclic) bond motifs is 3. The van der Waals surface area contributed by atoms with Crippen LogP contribution >= 0.6 is 0 Å². The zero-order chi connectivity index (χ0) is 20.2. The molecule has 1 aromatic carbocycles. The highest BCUT2D eigenvalue weighted by Gasteiger charge is 2.53. The van der Waals surface area contributed by atoms with E-state index in [2.05, 4.69) is 20.5 Å². The number of phenols is 1. The summed E-state index contributed by atoms with van der Waals surface area (Å²) in [5.41, 5.74) is 1.12. The van der Waals surface area contributed by atoms with Gasteiger partial charge >= 0.3 is 0 Å². The summed E-state index contributed by atoms with van der Waals surface area (Å²) < 4.78 is 28.0. The predicted molar refractivity (Wildman–Crippen MR) is 106 cm³/mol. The second-order valence-electron chi connectivity index (χ2n) is 7.99. The number of hydrogen-bond donors (Lipinski definition) is 2. The molecule has 2 N–H and O–H groups in total. The van der Waals surface area contributed by atoms with Crippen molar-refractivity contribution >= 4 is 16.6 Å². The maximum Gasteiger partial charge on any atom is 0.264 e. The normalized spacial score (nSPS) is 25.3. The summed E-state index contributed by atoms with van der Waals surface area (Å²) in [6.45, 7) is 0. The molecule has 2 aliphatic rings. The molecular weight excluding hydrogens is 376 g/mol. The zero-order valence-electron chi connectivity index (χ0n) is 15.9. The van der Waals surface area contributed by atoms with Gasteiger partial charge in [0.2, 0.25) is 0 Å². The van der Waals surface area contributed by atoms with E-state index in [9.17, 15) is 13.9 Å². The monoisotopic (exact) mass is 397 g/mol. The minimum absolute atomic E-state index is 0.0140.